The van der Waals surface area contributed by atoms with E-state index in [1.807, 2.05) is 6.07 Å². The molecule has 0 saturated carbocycles. The Bertz CT molecular complexity index is 575. The van der Waals surface area contributed by atoms with Crippen molar-refractivity contribution >= 4 is 29.9 Å². The number of piperidine rings is 1. The fraction of sp³-hybridized carbons (Fsp3) is 0.650. The molecule has 0 amide bonds. The fourth-order valence-electron chi connectivity index (χ4n) is 3.14. The average Bonchev–Trinajstić information content (AvgIpc) is 2.64. The van der Waals surface area contributed by atoms with Gasteiger partial charge in [0, 0.05) is 13.1 Å². The highest BCUT2D eigenvalue weighted by atomic mass is 127. The maximum absolute atomic E-state index is 9.86. The number of benzene rings is 1. The minimum Gasteiger partial charge on any atom is -0.504 e. The van der Waals surface area contributed by atoms with Gasteiger partial charge in [0.15, 0.2) is 17.5 Å². The lowest BCUT2D eigenvalue weighted by Gasteiger charge is -2.30. The molecule has 1 aromatic rings. The molecule has 0 aliphatic carbocycles. The van der Waals surface area contributed by atoms with Crippen LogP contribution in [0.4, 0.5) is 0 Å². The molecular formula is C20H35IN4O2. The van der Waals surface area contributed by atoms with Crippen LogP contribution in [-0.4, -0.2) is 55.8 Å². The molecule has 1 aliphatic rings. The van der Waals surface area contributed by atoms with E-state index in [4.69, 9.17) is 4.74 Å². The minimum absolute atomic E-state index is 0. The van der Waals surface area contributed by atoms with E-state index in [0.717, 1.165) is 43.5 Å². The SMILES string of the molecule is CCNC(=NCc1ccc(OC)c(O)c1)NCCCN1CCC(C)CC1.I. The van der Waals surface area contributed by atoms with Gasteiger partial charge < -0.3 is 25.4 Å². The second-order valence-corrected chi connectivity index (χ2v) is 7.01. The summed E-state index contributed by atoms with van der Waals surface area (Å²) in [5.74, 6) is 2.33. The van der Waals surface area contributed by atoms with Gasteiger partial charge in [0.1, 0.15) is 0 Å². The van der Waals surface area contributed by atoms with Gasteiger partial charge in [0.05, 0.1) is 13.7 Å². The van der Waals surface area contributed by atoms with Crippen LogP contribution in [0.3, 0.4) is 0 Å². The number of rotatable bonds is 8. The van der Waals surface area contributed by atoms with E-state index in [2.05, 4.69) is 34.4 Å². The van der Waals surface area contributed by atoms with Gasteiger partial charge in [0.25, 0.3) is 0 Å². The van der Waals surface area contributed by atoms with Crippen LogP contribution in [0.25, 0.3) is 0 Å². The van der Waals surface area contributed by atoms with Gasteiger partial charge in [-0.05, 0) is 69.4 Å². The number of aromatic hydroxyl groups is 1. The third-order valence-electron chi connectivity index (χ3n) is 4.83. The number of hydrogen-bond donors (Lipinski definition) is 3. The number of nitrogens with zero attached hydrogens (tertiary/aromatic N) is 2. The molecule has 0 radical (unpaired) electrons. The van der Waals surface area contributed by atoms with Crippen LogP contribution in [0.15, 0.2) is 23.2 Å². The van der Waals surface area contributed by atoms with Crippen molar-refractivity contribution in [1.82, 2.24) is 15.5 Å². The normalized spacial score (nSPS) is 15.9. The number of phenolic OH excluding ortho intramolecular Hbond substituents is 1. The van der Waals surface area contributed by atoms with Crippen molar-refractivity contribution in [2.45, 2.75) is 39.7 Å². The number of methoxy groups -OCH3 is 1. The van der Waals surface area contributed by atoms with Gasteiger partial charge in [-0.2, -0.15) is 0 Å². The van der Waals surface area contributed by atoms with E-state index in [1.54, 1.807) is 19.2 Å². The molecule has 2 rings (SSSR count). The molecule has 154 valence electrons. The van der Waals surface area contributed by atoms with Gasteiger partial charge in [0.2, 0.25) is 0 Å². The molecule has 0 bridgehead atoms. The predicted molar refractivity (Wildman–Crippen MR) is 122 cm³/mol. The van der Waals surface area contributed by atoms with Gasteiger partial charge in [-0.3, -0.25) is 0 Å². The second-order valence-electron chi connectivity index (χ2n) is 7.01. The van der Waals surface area contributed by atoms with E-state index in [-0.39, 0.29) is 29.7 Å². The van der Waals surface area contributed by atoms with Gasteiger partial charge in [-0.1, -0.05) is 13.0 Å². The lowest BCUT2D eigenvalue weighted by molar-refractivity contribution is 0.191. The van der Waals surface area contributed by atoms with E-state index in [0.29, 0.717) is 12.3 Å². The first-order valence-electron chi connectivity index (χ1n) is 9.72. The summed E-state index contributed by atoms with van der Waals surface area (Å²) < 4.78 is 5.07. The molecule has 1 fully saturated rings. The second kappa shape index (κ2) is 13.0. The first-order chi connectivity index (χ1) is 12.6. The highest BCUT2D eigenvalue weighted by molar-refractivity contribution is 14.0. The van der Waals surface area contributed by atoms with E-state index in [9.17, 15) is 5.11 Å². The van der Waals surface area contributed by atoms with Crippen molar-refractivity contribution in [1.29, 1.82) is 0 Å². The lowest BCUT2D eigenvalue weighted by atomic mass is 9.99. The Kier molecular flexibility index (Phi) is 11.5. The maximum atomic E-state index is 9.86. The molecule has 1 aromatic carbocycles. The summed E-state index contributed by atoms with van der Waals surface area (Å²) >= 11 is 0. The van der Waals surface area contributed by atoms with E-state index in [1.165, 1.54) is 25.9 Å². The third-order valence-corrected chi connectivity index (χ3v) is 4.83. The van der Waals surface area contributed by atoms with Crippen LogP contribution < -0.4 is 15.4 Å². The molecule has 1 saturated heterocycles. The Morgan fingerprint density at radius 3 is 2.67 bits per heavy atom. The lowest BCUT2D eigenvalue weighted by Crippen LogP contribution is -2.39. The standard InChI is InChI=1S/C20H34N4O2.HI/c1-4-21-20(22-10-5-11-24-12-8-16(2)9-13-24)23-15-17-6-7-19(26-3)18(25)14-17;/h6-7,14,16,25H,4-5,8-13,15H2,1-3H3,(H2,21,22,23);1H. The smallest absolute Gasteiger partial charge is 0.191 e. The zero-order valence-electron chi connectivity index (χ0n) is 16.8. The maximum Gasteiger partial charge on any atom is 0.191 e. The molecule has 0 spiro atoms. The number of aliphatic imine (C=N–C) groups is 1. The number of ether oxygens (including phenoxy) is 1. The molecule has 0 atom stereocenters. The number of nitrogens with one attached hydrogen (secondary N) is 2. The molecule has 3 N–H and O–H groups in total. The number of phenols is 1. The molecule has 1 aliphatic heterocycles. The highest BCUT2D eigenvalue weighted by Gasteiger charge is 2.14. The number of guanidine groups is 1. The molecule has 7 heteroatoms. The number of halogens is 1. The number of likely N-dealkylation sites (tertiary alicyclic amines) is 1. The van der Waals surface area contributed by atoms with Crippen LogP contribution in [0, 0.1) is 5.92 Å². The van der Waals surface area contributed by atoms with E-state index >= 15 is 0 Å². The van der Waals surface area contributed by atoms with Crippen LogP contribution in [0.2, 0.25) is 0 Å². The molecular weight excluding hydrogens is 455 g/mol. The van der Waals surface area contributed by atoms with Crippen molar-refractivity contribution in [2.75, 3.05) is 39.8 Å². The van der Waals surface area contributed by atoms with Crippen LogP contribution in [0.1, 0.15) is 38.7 Å². The van der Waals surface area contributed by atoms with Crippen molar-refractivity contribution in [2.24, 2.45) is 10.9 Å². The molecule has 27 heavy (non-hydrogen) atoms. The molecule has 6 nitrogen and oxygen atoms in total. The van der Waals surface area contributed by atoms with Crippen molar-refractivity contribution < 1.29 is 9.84 Å². The van der Waals surface area contributed by atoms with Crippen molar-refractivity contribution in [3.05, 3.63) is 23.8 Å². The van der Waals surface area contributed by atoms with E-state index < -0.39 is 0 Å². The summed E-state index contributed by atoms with van der Waals surface area (Å²) in [5.41, 5.74) is 0.947. The Hall–Kier alpha value is -1.22. The average molecular weight is 490 g/mol. The summed E-state index contributed by atoms with van der Waals surface area (Å²) in [6, 6.07) is 5.38. The van der Waals surface area contributed by atoms with Crippen molar-refractivity contribution in [3.63, 3.8) is 0 Å². The Morgan fingerprint density at radius 2 is 2.04 bits per heavy atom. The first kappa shape index (κ1) is 23.8. The monoisotopic (exact) mass is 490 g/mol. The first-order valence-corrected chi connectivity index (χ1v) is 9.72. The van der Waals surface area contributed by atoms with Crippen LogP contribution in [0.5, 0.6) is 11.5 Å². The Balaban J connectivity index is 0.00000364. The van der Waals surface area contributed by atoms with Crippen LogP contribution >= 0.6 is 24.0 Å². The summed E-state index contributed by atoms with van der Waals surface area (Å²) in [7, 11) is 1.55. The van der Waals surface area contributed by atoms with Gasteiger partial charge >= 0.3 is 0 Å². The highest BCUT2D eigenvalue weighted by Crippen LogP contribution is 2.26. The largest absolute Gasteiger partial charge is 0.504 e. The molecule has 0 aromatic heterocycles. The summed E-state index contributed by atoms with van der Waals surface area (Å²) in [6.45, 7) is 10.3. The predicted octanol–water partition coefficient (Wildman–Crippen LogP) is 3.20. The zero-order valence-corrected chi connectivity index (χ0v) is 19.2. The Morgan fingerprint density at radius 1 is 1.30 bits per heavy atom. The number of hydrogen-bond acceptors (Lipinski definition) is 4. The van der Waals surface area contributed by atoms with Gasteiger partial charge in [-0.15, -0.1) is 24.0 Å². The topological polar surface area (TPSA) is 69.1 Å². The quantitative estimate of drug-likeness (QED) is 0.226. The fourth-order valence-corrected chi connectivity index (χ4v) is 3.14. The summed E-state index contributed by atoms with van der Waals surface area (Å²) in [4.78, 5) is 7.16. The summed E-state index contributed by atoms with van der Waals surface area (Å²) in [5, 5.41) is 16.5. The van der Waals surface area contributed by atoms with Crippen LogP contribution in [-0.2, 0) is 6.54 Å². The Labute approximate surface area is 180 Å². The summed E-state index contributed by atoms with van der Waals surface area (Å²) in [6.07, 6.45) is 3.76. The third kappa shape index (κ3) is 8.55. The van der Waals surface area contributed by atoms with Gasteiger partial charge in [-0.25, -0.2) is 4.99 Å². The minimum atomic E-state index is 0. The molecule has 0 unspecified atom stereocenters. The zero-order chi connectivity index (χ0) is 18.8. The van der Waals surface area contributed by atoms with Crippen molar-refractivity contribution in [3.8, 4) is 11.5 Å². The molecule has 1 heterocycles.